The Balaban J connectivity index is 1.96. The maximum atomic E-state index is 13.4. The van der Waals surface area contributed by atoms with Gasteiger partial charge in [0.25, 0.3) is 5.95 Å². The lowest BCUT2D eigenvalue weighted by Crippen LogP contribution is -2.35. The van der Waals surface area contributed by atoms with E-state index < -0.39 is 0 Å². The number of para-hydroxylation sites is 1. The predicted octanol–water partition coefficient (Wildman–Crippen LogP) is 2.90. The molecular weight excluding hydrogens is 345 g/mol. The Bertz CT molecular complexity index is 1180. The summed E-state index contributed by atoms with van der Waals surface area (Å²) in [6.45, 7) is 3.71. The molecule has 0 spiro atoms. The van der Waals surface area contributed by atoms with E-state index in [1.165, 1.54) is 16.8 Å². The van der Waals surface area contributed by atoms with Gasteiger partial charge in [0.05, 0.1) is 5.56 Å². The number of fused-ring (bicyclic) bond motifs is 1. The Kier molecular flexibility index (Phi) is 4.12. The van der Waals surface area contributed by atoms with Crippen LogP contribution in [0, 0.1) is 19.7 Å². The fourth-order valence-corrected chi connectivity index (χ4v) is 2.98. The highest BCUT2D eigenvalue weighted by molar-refractivity contribution is 5.75. The lowest BCUT2D eigenvalue weighted by Gasteiger charge is -2.08. The van der Waals surface area contributed by atoms with Crippen LogP contribution in [-0.2, 0) is 0 Å². The van der Waals surface area contributed by atoms with Gasteiger partial charge in [-0.25, -0.2) is 24.1 Å². The second-order valence-electron chi connectivity index (χ2n) is 6.25. The maximum absolute atomic E-state index is 13.4. The van der Waals surface area contributed by atoms with E-state index in [4.69, 9.17) is 0 Å². The molecule has 4 aromatic rings. The molecule has 0 saturated carbocycles. The lowest BCUT2D eigenvalue weighted by molar-refractivity contribution is -0.337. The number of aromatic amines is 1. The Morgan fingerprint density at radius 2 is 1.67 bits per heavy atom. The number of hydrogen-bond acceptors (Lipinski definition) is 4. The summed E-state index contributed by atoms with van der Waals surface area (Å²) in [5, 5.41) is 0.514. The minimum absolute atomic E-state index is 0.258. The van der Waals surface area contributed by atoms with Crippen LogP contribution in [0.5, 0.6) is 0 Å². The molecule has 7 heteroatoms. The van der Waals surface area contributed by atoms with Crippen molar-refractivity contribution in [2.45, 2.75) is 13.8 Å². The summed E-state index contributed by atoms with van der Waals surface area (Å²) >= 11 is 0. The van der Waals surface area contributed by atoms with Gasteiger partial charge in [-0.2, -0.15) is 5.43 Å². The summed E-state index contributed by atoms with van der Waals surface area (Å²) in [6.07, 6.45) is 0. The van der Waals surface area contributed by atoms with Crippen molar-refractivity contribution < 1.29 is 9.37 Å². The number of benzene rings is 2. The van der Waals surface area contributed by atoms with Crippen molar-refractivity contribution in [2.75, 3.05) is 5.43 Å². The minimum atomic E-state index is -0.348. The molecule has 0 aliphatic rings. The van der Waals surface area contributed by atoms with Gasteiger partial charge in [0.15, 0.2) is 0 Å². The molecule has 0 aliphatic carbocycles. The summed E-state index contributed by atoms with van der Waals surface area (Å²) in [5.41, 5.74) is 5.62. The first-order valence-corrected chi connectivity index (χ1v) is 8.43. The van der Waals surface area contributed by atoms with Crippen molar-refractivity contribution in [1.29, 1.82) is 0 Å². The number of nitrogens with zero attached hydrogens (tertiary/aromatic N) is 3. The van der Waals surface area contributed by atoms with Gasteiger partial charge >= 0.3 is 11.4 Å². The first-order chi connectivity index (χ1) is 13.0. The summed E-state index contributed by atoms with van der Waals surface area (Å²) in [5.74, 6) is 0.433. The molecule has 0 fully saturated rings. The van der Waals surface area contributed by atoms with Gasteiger partial charge < -0.3 is 0 Å². The molecule has 2 aromatic carbocycles. The van der Waals surface area contributed by atoms with Crippen molar-refractivity contribution in [2.24, 2.45) is 0 Å². The first kappa shape index (κ1) is 16.8. The number of aromatic nitrogens is 4. The highest BCUT2D eigenvalue weighted by atomic mass is 19.1. The molecule has 0 amide bonds. The van der Waals surface area contributed by atoms with Crippen molar-refractivity contribution in [1.82, 2.24) is 14.6 Å². The second kappa shape index (κ2) is 6.60. The van der Waals surface area contributed by atoms with E-state index >= 15 is 0 Å². The van der Waals surface area contributed by atoms with Gasteiger partial charge in [-0.1, -0.05) is 16.8 Å². The van der Waals surface area contributed by atoms with Crippen molar-refractivity contribution in [3.8, 4) is 11.4 Å². The zero-order valence-electron chi connectivity index (χ0n) is 14.8. The van der Waals surface area contributed by atoms with Crippen LogP contribution >= 0.6 is 0 Å². The van der Waals surface area contributed by atoms with Crippen LogP contribution in [-0.4, -0.2) is 14.6 Å². The number of nitrogens with one attached hydrogen (secondary N) is 2. The molecule has 0 bridgehead atoms. The van der Waals surface area contributed by atoms with E-state index in [0.29, 0.717) is 28.2 Å². The molecule has 2 N–H and O–H groups in total. The van der Waals surface area contributed by atoms with Gasteiger partial charge in [0.2, 0.25) is 0 Å². The molecule has 134 valence electrons. The molecule has 2 aromatic heterocycles. The van der Waals surface area contributed by atoms with Crippen molar-refractivity contribution >= 4 is 16.9 Å². The summed E-state index contributed by atoms with van der Waals surface area (Å²) in [6, 6.07) is 15.0. The smallest absolute Gasteiger partial charge is 0.238 e. The van der Waals surface area contributed by atoms with Gasteiger partial charge in [-0.3, -0.25) is 0 Å². The highest BCUT2D eigenvalue weighted by Crippen LogP contribution is 2.16. The van der Waals surface area contributed by atoms with Gasteiger partial charge in [-0.15, -0.1) is 0 Å². The largest absolute Gasteiger partial charge is 0.369 e. The number of H-pyrrole nitrogens is 1. The van der Waals surface area contributed by atoms with Crippen LogP contribution in [0.2, 0.25) is 0 Å². The molecular formula is C20H17FN5O+. The van der Waals surface area contributed by atoms with Crippen molar-refractivity contribution in [3.63, 3.8) is 0 Å². The molecule has 6 nitrogen and oxygen atoms in total. The van der Waals surface area contributed by atoms with E-state index in [-0.39, 0.29) is 11.4 Å². The number of hydrogen-bond donors (Lipinski definition) is 1. The monoisotopic (exact) mass is 362 g/mol. The third-order valence-corrected chi connectivity index (χ3v) is 4.15. The third-order valence-electron chi connectivity index (χ3n) is 4.15. The standard InChI is InChI=1S/C20H16FN5O/c1-12-11-13(2)23-20(22-12)25-26-18(14-7-9-15(21)10-8-14)24-17-6-4-3-5-16(17)19(26)27/h3-11H,1-2H3,(H,22,23,25)/p+1. The van der Waals surface area contributed by atoms with E-state index in [9.17, 15) is 9.18 Å². The average molecular weight is 362 g/mol. The number of anilines is 1. The Morgan fingerprint density at radius 1 is 1.00 bits per heavy atom. The minimum Gasteiger partial charge on any atom is -0.238 e. The second-order valence-corrected chi connectivity index (χ2v) is 6.25. The Morgan fingerprint density at radius 3 is 2.37 bits per heavy atom. The number of halogens is 1. The van der Waals surface area contributed by atoms with E-state index in [1.807, 2.05) is 32.0 Å². The van der Waals surface area contributed by atoms with Gasteiger partial charge in [0.1, 0.15) is 16.7 Å². The highest BCUT2D eigenvalue weighted by Gasteiger charge is 2.21. The molecule has 0 aliphatic heterocycles. The summed E-state index contributed by atoms with van der Waals surface area (Å²) in [4.78, 5) is 25.0. The average Bonchev–Trinajstić information content (AvgIpc) is 2.64. The zero-order valence-corrected chi connectivity index (χ0v) is 14.8. The molecule has 4 rings (SSSR count). The van der Waals surface area contributed by atoms with Crippen LogP contribution < -0.4 is 16.0 Å². The normalized spacial score (nSPS) is 10.9. The Labute approximate surface area is 154 Å². The Hall–Kier alpha value is -3.61. The number of aryl methyl sites for hydroxylation is 2. The summed E-state index contributed by atoms with van der Waals surface area (Å²) < 4.78 is 14.7. The fraction of sp³-hybridized carbons (Fsp3) is 0.100. The van der Waals surface area contributed by atoms with E-state index in [0.717, 1.165) is 11.4 Å². The molecule has 0 saturated heterocycles. The van der Waals surface area contributed by atoms with Gasteiger partial charge in [0, 0.05) is 11.4 Å². The molecule has 27 heavy (non-hydrogen) atoms. The fourth-order valence-electron chi connectivity index (χ4n) is 2.98. The van der Waals surface area contributed by atoms with Crippen LogP contribution in [0.4, 0.5) is 10.3 Å². The van der Waals surface area contributed by atoms with Crippen molar-refractivity contribution in [3.05, 3.63) is 82.2 Å². The lowest BCUT2D eigenvalue weighted by atomic mass is 10.2. The zero-order chi connectivity index (χ0) is 19.0. The topological polar surface area (TPSA) is 74.0 Å². The van der Waals surface area contributed by atoms with E-state index in [1.54, 1.807) is 24.3 Å². The SMILES string of the molecule is Cc1cc(C)nc(Nn2c(-c3ccc(F)cc3)[nH+]c3ccccc3c2=O)n1. The number of rotatable bonds is 3. The molecule has 0 unspecified atom stereocenters. The van der Waals surface area contributed by atoms with Gasteiger partial charge in [-0.05, 0) is 56.3 Å². The van der Waals surface area contributed by atoms with Crippen LogP contribution in [0.3, 0.4) is 0 Å². The van der Waals surface area contributed by atoms with E-state index in [2.05, 4.69) is 20.4 Å². The predicted molar refractivity (Wildman–Crippen MR) is 101 cm³/mol. The molecule has 0 atom stereocenters. The molecule has 0 radical (unpaired) electrons. The maximum Gasteiger partial charge on any atom is 0.369 e. The van der Waals surface area contributed by atoms with Crippen LogP contribution in [0.15, 0.2) is 59.4 Å². The summed E-state index contributed by atoms with van der Waals surface area (Å²) in [7, 11) is 0. The third kappa shape index (κ3) is 3.27. The molecule has 2 heterocycles. The first-order valence-electron chi connectivity index (χ1n) is 8.43. The van der Waals surface area contributed by atoms with Crippen LogP contribution in [0.1, 0.15) is 11.4 Å². The quantitative estimate of drug-likeness (QED) is 0.608. The van der Waals surface area contributed by atoms with Crippen LogP contribution in [0.25, 0.3) is 22.3 Å².